The van der Waals surface area contributed by atoms with Crippen molar-refractivity contribution in [1.29, 1.82) is 5.26 Å². The van der Waals surface area contributed by atoms with Gasteiger partial charge >= 0.3 is 5.97 Å². The molecule has 1 unspecified atom stereocenters. The normalized spacial score (nSPS) is 21.2. The first kappa shape index (κ1) is 22.5. The van der Waals surface area contributed by atoms with Gasteiger partial charge in [-0.3, -0.25) is 0 Å². The van der Waals surface area contributed by atoms with Crippen molar-refractivity contribution in [2.75, 3.05) is 7.11 Å². The van der Waals surface area contributed by atoms with E-state index in [0.29, 0.717) is 18.4 Å². The molecule has 0 bridgehead atoms. The number of carbonyl (C=O) groups excluding carboxylic acids is 1. The summed E-state index contributed by atoms with van der Waals surface area (Å²) in [6.45, 7) is 16.7. The van der Waals surface area contributed by atoms with Crippen LogP contribution in [-0.4, -0.2) is 33.1 Å². The van der Waals surface area contributed by atoms with Gasteiger partial charge in [0.2, 0.25) is 8.32 Å². The monoisotopic (exact) mass is 379 g/mol. The van der Waals surface area contributed by atoms with E-state index in [1.807, 2.05) is 20.8 Å². The summed E-state index contributed by atoms with van der Waals surface area (Å²) in [6.07, 6.45) is 2.03. The maximum Gasteiger partial charge on any atom is 0.330 e. The van der Waals surface area contributed by atoms with E-state index in [-0.39, 0.29) is 5.04 Å². The summed E-state index contributed by atoms with van der Waals surface area (Å²) < 4.78 is 17.3. The molecule has 0 saturated carbocycles. The lowest BCUT2D eigenvalue weighted by atomic mass is 9.91. The number of nitrogens with zero attached hydrogens (tertiary/aromatic N) is 1. The fraction of sp³-hybridized carbons (Fsp3) is 0.700. The van der Waals surface area contributed by atoms with Gasteiger partial charge in [-0.2, -0.15) is 5.26 Å². The van der Waals surface area contributed by atoms with Crippen molar-refractivity contribution in [3.63, 3.8) is 0 Å². The summed E-state index contributed by atoms with van der Waals surface area (Å²) in [5.41, 5.74) is 0.902. The Morgan fingerprint density at radius 2 is 2.00 bits per heavy atom. The second-order valence-electron chi connectivity index (χ2n) is 9.07. The molecule has 146 valence electrons. The molecule has 0 aliphatic carbocycles. The van der Waals surface area contributed by atoms with Crippen LogP contribution in [0.4, 0.5) is 0 Å². The van der Waals surface area contributed by atoms with E-state index in [1.54, 1.807) is 0 Å². The van der Waals surface area contributed by atoms with Gasteiger partial charge in [-0.25, -0.2) is 4.79 Å². The molecule has 0 radical (unpaired) electrons. The van der Waals surface area contributed by atoms with E-state index in [0.717, 1.165) is 11.3 Å². The number of rotatable bonds is 5. The van der Waals surface area contributed by atoms with Crippen molar-refractivity contribution in [1.82, 2.24) is 0 Å². The number of esters is 1. The zero-order chi connectivity index (χ0) is 20.3. The van der Waals surface area contributed by atoms with Gasteiger partial charge in [0, 0.05) is 12.5 Å². The molecule has 0 aromatic heterocycles. The highest BCUT2D eigenvalue weighted by Gasteiger charge is 2.43. The van der Waals surface area contributed by atoms with Crippen LogP contribution in [0.5, 0.6) is 0 Å². The second kappa shape index (κ2) is 7.97. The predicted octanol–water partition coefficient (Wildman–Crippen LogP) is 4.86. The Labute approximate surface area is 159 Å². The van der Waals surface area contributed by atoms with Crippen molar-refractivity contribution in [2.24, 2.45) is 0 Å². The Morgan fingerprint density at radius 3 is 2.46 bits per heavy atom. The van der Waals surface area contributed by atoms with Crippen LogP contribution in [0.15, 0.2) is 23.0 Å². The van der Waals surface area contributed by atoms with Crippen molar-refractivity contribution in [2.45, 2.75) is 84.2 Å². The van der Waals surface area contributed by atoms with Crippen LogP contribution in [0.3, 0.4) is 0 Å². The summed E-state index contributed by atoms with van der Waals surface area (Å²) >= 11 is 0. The Bertz CT molecular complexity index is 648. The molecule has 5 nitrogen and oxygen atoms in total. The average molecular weight is 380 g/mol. The average Bonchev–Trinajstić information content (AvgIpc) is 2.44. The molecule has 26 heavy (non-hydrogen) atoms. The number of hydrogen-bond acceptors (Lipinski definition) is 5. The largest absolute Gasteiger partial charge is 0.546 e. The minimum atomic E-state index is -2.07. The van der Waals surface area contributed by atoms with Crippen LogP contribution in [0.25, 0.3) is 0 Å². The maximum absolute atomic E-state index is 11.5. The molecule has 0 saturated heterocycles. The Morgan fingerprint density at radius 1 is 1.42 bits per heavy atom. The number of carbonyl (C=O) groups is 1. The lowest BCUT2D eigenvalue weighted by molar-refractivity contribution is -0.134. The third-order valence-corrected chi connectivity index (χ3v) is 9.42. The molecule has 0 amide bonds. The summed E-state index contributed by atoms with van der Waals surface area (Å²) in [5, 5.41) is 9.82. The third-order valence-electron chi connectivity index (χ3n) is 5.05. The highest BCUT2D eigenvalue weighted by Crippen LogP contribution is 2.42. The smallest absolute Gasteiger partial charge is 0.330 e. The van der Waals surface area contributed by atoms with E-state index < -0.39 is 26.0 Å². The Hall–Kier alpha value is -1.58. The number of methoxy groups -OCH3 is 1. The van der Waals surface area contributed by atoms with Gasteiger partial charge in [0.1, 0.15) is 12.2 Å². The highest BCUT2D eigenvalue weighted by atomic mass is 28.4. The molecule has 0 N–H and O–H groups in total. The quantitative estimate of drug-likeness (QED) is 0.387. The standard InChI is InChI=1S/C20H33NO4Si/c1-14(11-18(22)23-7)10-16-15(13-21)17(12-20(5,6)24-16)25-26(8,9)19(2,3)4/h11,16H,10,12H2,1-9H3/b14-11+. The zero-order valence-corrected chi connectivity index (χ0v) is 18.6. The highest BCUT2D eigenvalue weighted by molar-refractivity contribution is 6.74. The first-order valence-corrected chi connectivity index (χ1v) is 11.9. The van der Waals surface area contributed by atoms with Gasteiger partial charge in [0.05, 0.1) is 24.0 Å². The van der Waals surface area contributed by atoms with Crippen LogP contribution in [0, 0.1) is 11.3 Å². The maximum atomic E-state index is 11.5. The molecule has 1 aliphatic rings. The predicted molar refractivity (Wildman–Crippen MR) is 105 cm³/mol. The third kappa shape index (κ3) is 5.71. The lowest BCUT2D eigenvalue weighted by Crippen LogP contribution is -2.44. The van der Waals surface area contributed by atoms with E-state index in [2.05, 4.69) is 44.7 Å². The van der Waals surface area contributed by atoms with Gasteiger partial charge in [-0.15, -0.1) is 0 Å². The molecule has 6 heteroatoms. The number of ether oxygens (including phenoxy) is 2. The van der Waals surface area contributed by atoms with Crippen molar-refractivity contribution >= 4 is 14.3 Å². The summed E-state index contributed by atoms with van der Waals surface area (Å²) in [4.78, 5) is 11.5. The van der Waals surface area contributed by atoms with Gasteiger partial charge < -0.3 is 13.9 Å². The van der Waals surface area contributed by atoms with Crippen molar-refractivity contribution in [3.05, 3.63) is 23.0 Å². The first-order valence-electron chi connectivity index (χ1n) is 8.97. The molecule has 1 atom stereocenters. The SMILES string of the molecule is COC(=O)/C=C(\C)CC1OC(C)(C)CC(O[Si](C)(C)C(C)(C)C)=C1C#N. The Kier molecular flexibility index (Phi) is 6.89. The zero-order valence-electron chi connectivity index (χ0n) is 17.6. The van der Waals surface area contributed by atoms with Crippen LogP contribution in [0.1, 0.15) is 54.4 Å². The number of nitriles is 1. The number of hydrogen-bond donors (Lipinski definition) is 0. The summed E-state index contributed by atoms with van der Waals surface area (Å²) in [5.74, 6) is 0.337. The van der Waals surface area contributed by atoms with Crippen LogP contribution in [-0.2, 0) is 18.7 Å². The molecule has 0 spiro atoms. The summed E-state index contributed by atoms with van der Waals surface area (Å²) in [6, 6.07) is 2.30. The van der Waals surface area contributed by atoms with E-state index in [1.165, 1.54) is 13.2 Å². The molecule has 0 fully saturated rings. The molecular weight excluding hydrogens is 346 g/mol. The first-order chi connectivity index (χ1) is 11.7. The second-order valence-corrected chi connectivity index (χ2v) is 13.8. The van der Waals surface area contributed by atoms with Crippen LogP contribution < -0.4 is 0 Å². The Balaban J connectivity index is 3.24. The molecule has 1 heterocycles. The summed E-state index contributed by atoms with van der Waals surface area (Å²) in [7, 11) is -0.722. The molecule has 0 aromatic carbocycles. The van der Waals surface area contributed by atoms with E-state index in [4.69, 9.17) is 9.16 Å². The van der Waals surface area contributed by atoms with Crippen LogP contribution in [0.2, 0.25) is 18.1 Å². The molecule has 1 rings (SSSR count). The van der Waals surface area contributed by atoms with Gasteiger partial charge in [-0.1, -0.05) is 26.3 Å². The fourth-order valence-electron chi connectivity index (χ4n) is 2.59. The topological polar surface area (TPSA) is 68.6 Å². The van der Waals surface area contributed by atoms with E-state index in [9.17, 15) is 10.1 Å². The minimum Gasteiger partial charge on any atom is -0.546 e. The van der Waals surface area contributed by atoms with E-state index >= 15 is 0 Å². The minimum absolute atomic E-state index is 0.0409. The van der Waals surface area contributed by atoms with Crippen molar-refractivity contribution in [3.8, 4) is 6.07 Å². The van der Waals surface area contributed by atoms with Gasteiger partial charge in [-0.05, 0) is 45.3 Å². The fourth-order valence-corrected chi connectivity index (χ4v) is 3.69. The van der Waals surface area contributed by atoms with Gasteiger partial charge in [0.25, 0.3) is 0 Å². The molecule has 0 aromatic rings. The van der Waals surface area contributed by atoms with Gasteiger partial charge in [0.15, 0.2) is 0 Å². The molecular formula is C20H33NO4Si. The lowest BCUT2D eigenvalue weighted by Gasteiger charge is -2.43. The van der Waals surface area contributed by atoms with Crippen molar-refractivity contribution < 1.29 is 18.7 Å². The van der Waals surface area contributed by atoms with Crippen LogP contribution >= 0.6 is 0 Å². The molecule has 1 aliphatic heterocycles.